The van der Waals surface area contributed by atoms with Gasteiger partial charge in [-0.3, -0.25) is 9.59 Å². The van der Waals surface area contributed by atoms with Gasteiger partial charge >= 0.3 is 5.63 Å². The van der Waals surface area contributed by atoms with Gasteiger partial charge in [0.1, 0.15) is 11.2 Å². The zero-order chi connectivity index (χ0) is 19.5. The number of rotatable bonds is 5. The Balaban J connectivity index is 1.37. The summed E-state index contributed by atoms with van der Waals surface area (Å²) in [5.74, 6) is -0.0992. The van der Waals surface area contributed by atoms with E-state index in [2.05, 4.69) is 10.3 Å². The molecule has 142 valence electrons. The van der Waals surface area contributed by atoms with Crippen molar-refractivity contribution in [3.63, 3.8) is 0 Å². The third-order valence-electron chi connectivity index (χ3n) is 4.68. The maximum absolute atomic E-state index is 12.2. The lowest BCUT2D eigenvalue weighted by Gasteiger charge is -2.16. The van der Waals surface area contributed by atoms with Crippen molar-refractivity contribution in [2.24, 2.45) is 0 Å². The standard InChI is InChI=1S/C21H19N3O4/c25-19(12-11-17-21(27)28-18-5-2-1-4-16(18)23-17)22-14-7-9-15(10-8-14)24-13-3-6-20(24)26/h1-2,4-5,7-10H,3,6,11-13H2,(H,22,25). The molecule has 0 radical (unpaired) electrons. The van der Waals surface area contributed by atoms with Crippen LogP contribution in [-0.4, -0.2) is 23.3 Å². The molecular weight excluding hydrogens is 358 g/mol. The molecule has 1 aliphatic heterocycles. The van der Waals surface area contributed by atoms with E-state index in [1.165, 1.54) is 0 Å². The van der Waals surface area contributed by atoms with Crippen molar-refractivity contribution in [2.45, 2.75) is 25.7 Å². The largest absolute Gasteiger partial charge is 0.420 e. The Hall–Kier alpha value is -3.48. The van der Waals surface area contributed by atoms with Crippen LogP contribution in [0.15, 0.2) is 57.7 Å². The molecule has 28 heavy (non-hydrogen) atoms. The van der Waals surface area contributed by atoms with Gasteiger partial charge in [-0.05, 0) is 42.8 Å². The minimum atomic E-state index is -0.522. The fourth-order valence-electron chi connectivity index (χ4n) is 3.24. The summed E-state index contributed by atoms with van der Waals surface area (Å²) in [6.45, 7) is 0.728. The van der Waals surface area contributed by atoms with Crippen LogP contribution in [0.3, 0.4) is 0 Å². The van der Waals surface area contributed by atoms with Crippen LogP contribution < -0.4 is 15.8 Å². The highest BCUT2D eigenvalue weighted by Gasteiger charge is 2.21. The van der Waals surface area contributed by atoms with Gasteiger partial charge in [-0.15, -0.1) is 0 Å². The van der Waals surface area contributed by atoms with Crippen LogP contribution in [0.1, 0.15) is 25.0 Å². The van der Waals surface area contributed by atoms with Gasteiger partial charge in [-0.25, -0.2) is 9.78 Å². The monoisotopic (exact) mass is 377 g/mol. The molecule has 2 aromatic carbocycles. The lowest BCUT2D eigenvalue weighted by atomic mass is 10.2. The Morgan fingerprint density at radius 2 is 1.89 bits per heavy atom. The number of hydrogen-bond donors (Lipinski definition) is 1. The first-order valence-electron chi connectivity index (χ1n) is 9.19. The highest BCUT2D eigenvalue weighted by molar-refractivity contribution is 5.96. The molecule has 7 nitrogen and oxygen atoms in total. The molecule has 0 unspecified atom stereocenters. The molecule has 0 aliphatic carbocycles. The predicted octanol–water partition coefficient (Wildman–Crippen LogP) is 2.89. The first kappa shape index (κ1) is 17.9. The number of nitrogens with zero attached hydrogens (tertiary/aromatic N) is 2. The summed E-state index contributed by atoms with van der Waals surface area (Å²) in [6, 6.07) is 14.2. The molecule has 1 saturated heterocycles. The molecule has 3 aromatic rings. The molecule has 0 saturated carbocycles. The summed E-state index contributed by atoms with van der Waals surface area (Å²) < 4.78 is 5.23. The Morgan fingerprint density at radius 3 is 2.64 bits per heavy atom. The lowest BCUT2D eigenvalue weighted by Crippen LogP contribution is -2.23. The molecule has 1 aliphatic rings. The number of carbonyl (C=O) groups excluding carboxylic acids is 2. The summed E-state index contributed by atoms with van der Waals surface area (Å²) in [5, 5.41) is 2.79. The average molecular weight is 377 g/mol. The van der Waals surface area contributed by atoms with Gasteiger partial charge in [-0.2, -0.15) is 0 Å². The van der Waals surface area contributed by atoms with Gasteiger partial charge in [0.05, 0.1) is 0 Å². The average Bonchev–Trinajstić information content (AvgIpc) is 3.13. The van der Waals surface area contributed by atoms with E-state index < -0.39 is 5.63 Å². The maximum atomic E-state index is 12.2. The quantitative estimate of drug-likeness (QED) is 0.738. The first-order valence-corrected chi connectivity index (χ1v) is 9.19. The fraction of sp³-hybridized carbons (Fsp3) is 0.238. The second-order valence-electron chi connectivity index (χ2n) is 6.66. The van der Waals surface area contributed by atoms with Gasteiger partial charge < -0.3 is 14.6 Å². The van der Waals surface area contributed by atoms with Gasteiger partial charge in [0, 0.05) is 37.2 Å². The molecule has 0 atom stereocenters. The number of aromatic nitrogens is 1. The third-order valence-corrected chi connectivity index (χ3v) is 4.68. The molecule has 4 rings (SSSR count). The van der Waals surface area contributed by atoms with Crippen LogP contribution in [0.25, 0.3) is 11.1 Å². The van der Waals surface area contributed by atoms with Gasteiger partial charge in [0.15, 0.2) is 5.58 Å². The second-order valence-corrected chi connectivity index (χ2v) is 6.66. The summed E-state index contributed by atoms with van der Waals surface area (Å²) in [5.41, 5.74) is 2.20. The number of nitrogens with one attached hydrogen (secondary N) is 1. The van der Waals surface area contributed by atoms with Crippen molar-refractivity contribution in [1.29, 1.82) is 0 Å². The fourth-order valence-corrected chi connectivity index (χ4v) is 3.24. The van der Waals surface area contributed by atoms with Crippen LogP contribution in [0.4, 0.5) is 11.4 Å². The number of carbonyl (C=O) groups is 2. The zero-order valence-electron chi connectivity index (χ0n) is 15.2. The van der Waals surface area contributed by atoms with E-state index in [1.807, 2.05) is 18.2 Å². The Morgan fingerprint density at radius 1 is 1.11 bits per heavy atom. The van der Waals surface area contributed by atoms with Crippen molar-refractivity contribution in [2.75, 3.05) is 16.8 Å². The normalized spacial score (nSPS) is 13.9. The molecule has 0 spiro atoms. The number of anilines is 2. The van der Waals surface area contributed by atoms with Crippen LogP contribution in [-0.2, 0) is 16.0 Å². The van der Waals surface area contributed by atoms with E-state index in [0.29, 0.717) is 23.2 Å². The number of fused-ring (bicyclic) bond motifs is 1. The Bertz CT molecular complexity index is 1090. The summed E-state index contributed by atoms with van der Waals surface area (Å²) in [6.07, 6.45) is 1.76. The van der Waals surface area contributed by atoms with Crippen molar-refractivity contribution >= 4 is 34.3 Å². The molecular formula is C21H19N3O4. The molecule has 1 N–H and O–H groups in total. The van der Waals surface area contributed by atoms with E-state index in [0.717, 1.165) is 18.7 Å². The van der Waals surface area contributed by atoms with E-state index in [9.17, 15) is 14.4 Å². The van der Waals surface area contributed by atoms with E-state index in [4.69, 9.17) is 4.42 Å². The minimum Gasteiger partial charge on any atom is -0.420 e. The molecule has 2 amide bonds. The van der Waals surface area contributed by atoms with E-state index >= 15 is 0 Å². The smallest absolute Gasteiger partial charge is 0.358 e. The van der Waals surface area contributed by atoms with Crippen molar-refractivity contribution < 1.29 is 14.0 Å². The van der Waals surface area contributed by atoms with Crippen LogP contribution in [0, 0.1) is 0 Å². The lowest BCUT2D eigenvalue weighted by molar-refractivity contribution is -0.117. The summed E-state index contributed by atoms with van der Waals surface area (Å²) >= 11 is 0. The van der Waals surface area contributed by atoms with Crippen molar-refractivity contribution in [1.82, 2.24) is 4.98 Å². The Kier molecular flexibility index (Phi) is 4.89. The van der Waals surface area contributed by atoms with Crippen molar-refractivity contribution in [3.05, 3.63) is 64.6 Å². The molecule has 2 heterocycles. The highest BCUT2D eigenvalue weighted by atomic mass is 16.4. The van der Waals surface area contributed by atoms with Gasteiger partial charge in [0.25, 0.3) is 0 Å². The predicted molar refractivity (Wildman–Crippen MR) is 105 cm³/mol. The van der Waals surface area contributed by atoms with Crippen LogP contribution in [0.5, 0.6) is 0 Å². The number of amides is 2. The third kappa shape index (κ3) is 3.78. The summed E-state index contributed by atoms with van der Waals surface area (Å²) in [7, 11) is 0. The number of benzene rings is 2. The second kappa shape index (κ2) is 7.64. The van der Waals surface area contributed by atoms with Crippen LogP contribution in [0.2, 0.25) is 0 Å². The van der Waals surface area contributed by atoms with E-state index in [-0.39, 0.29) is 30.3 Å². The molecule has 1 aromatic heterocycles. The summed E-state index contributed by atoms with van der Waals surface area (Å²) in [4.78, 5) is 42.0. The number of para-hydroxylation sites is 2. The van der Waals surface area contributed by atoms with Crippen molar-refractivity contribution in [3.8, 4) is 0 Å². The molecule has 7 heteroatoms. The van der Waals surface area contributed by atoms with E-state index in [1.54, 1.807) is 35.2 Å². The highest BCUT2D eigenvalue weighted by Crippen LogP contribution is 2.23. The topological polar surface area (TPSA) is 92.5 Å². The Labute approximate surface area is 161 Å². The SMILES string of the molecule is O=C(CCc1nc2ccccc2oc1=O)Nc1ccc(N2CCCC2=O)cc1. The zero-order valence-corrected chi connectivity index (χ0v) is 15.2. The van der Waals surface area contributed by atoms with Gasteiger partial charge in [0.2, 0.25) is 11.8 Å². The first-order chi connectivity index (χ1) is 13.6. The number of aryl methyl sites for hydroxylation is 1. The minimum absolute atomic E-state index is 0.114. The van der Waals surface area contributed by atoms with Crippen LogP contribution >= 0.6 is 0 Å². The maximum Gasteiger partial charge on any atom is 0.358 e. The van der Waals surface area contributed by atoms with Gasteiger partial charge in [-0.1, -0.05) is 12.1 Å². The number of hydrogen-bond acceptors (Lipinski definition) is 5. The molecule has 1 fully saturated rings. The molecule has 0 bridgehead atoms.